The van der Waals surface area contributed by atoms with Crippen molar-refractivity contribution in [2.75, 3.05) is 26.2 Å². The van der Waals surface area contributed by atoms with Crippen molar-refractivity contribution in [1.82, 2.24) is 15.5 Å². The van der Waals surface area contributed by atoms with Crippen LogP contribution in [0.15, 0.2) is 42.5 Å². The fourth-order valence-corrected chi connectivity index (χ4v) is 4.57. The molecule has 3 amide bonds. The van der Waals surface area contributed by atoms with Gasteiger partial charge in [0, 0.05) is 26.1 Å². The zero-order chi connectivity index (χ0) is 25.4. The molecule has 0 aliphatic carbocycles. The molecule has 36 heavy (non-hydrogen) atoms. The van der Waals surface area contributed by atoms with Crippen LogP contribution in [0, 0.1) is 0 Å². The average Bonchev–Trinajstić information content (AvgIpc) is 3.33. The van der Waals surface area contributed by atoms with Crippen LogP contribution in [0.25, 0.3) is 10.8 Å². The molecule has 1 aliphatic heterocycles. The number of halogens is 1. The smallest absolute Gasteiger partial charge is 0.254 e. The number of likely N-dealkylation sites (tertiary alicyclic amines) is 1. The summed E-state index contributed by atoms with van der Waals surface area (Å²) in [7, 11) is 0. The van der Waals surface area contributed by atoms with Crippen molar-refractivity contribution in [3.8, 4) is 0 Å². The van der Waals surface area contributed by atoms with E-state index in [1.54, 1.807) is 18.7 Å². The van der Waals surface area contributed by atoms with Crippen LogP contribution in [0.4, 0.5) is 0 Å². The fraction of sp³-hybridized carbons (Fsp3) is 0.519. The molecule has 0 bridgehead atoms. The van der Waals surface area contributed by atoms with Crippen molar-refractivity contribution >= 4 is 40.9 Å². The summed E-state index contributed by atoms with van der Waals surface area (Å²) in [6, 6.07) is 12.7. The molecule has 0 saturated carbocycles. The lowest BCUT2D eigenvalue weighted by atomic mass is 10.0. The normalized spacial score (nSPS) is 16.3. The molecule has 1 saturated heterocycles. The highest BCUT2D eigenvalue weighted by Crippen LogP contribution is 2.24. The van der Waals surface area contributed by atoms with Crippen molar-refractivity contribution in [2.24, 2.45) is 5.73 Å². The Balaban J connectivity index is 0.00000456. The van der Waals surface area contributed by atoms with E-state index in [1.165, 1.54) is 0 Å². The maximum atomic E-state index is 13.3. The quantitative estimate of drug-likeness (QED) is 0.396. The second-order valence-corrected chi connectivity index (χ2v) is 9.48. The van der Waals surface area contributed by atoms with Crippen LogP contribution >= 0.6 is 12.4 Å². The lowest BCUT2D eigenvalue weighted by Crippen LogP contribution is -2.56. The topological polar surface area (TPSA) is 114 Å². The van der Waals surface area contributed by atoms with Gasteiger partial charge in [0.25, 0.3) is 5.91 Å². The summed E-state index contributed by atoms with van der Waals surface area (Å²) in [5.74, 6) is -0.788. The fourth-order valence-electron chi connectivity index (χ4n) is 4.57. The summed E-state index contributed by atoms with van der Waals surface area (Å²) in [5, 5.41) is 8.00. The van der Waals surface area contributed by atoms with Gasteiger partial charge in [-0.15, -0.1) is 12.4 Å². The van der Waals surface area contributed by atoms with E-state index in [1.807, 2.05) is 49.4 Å². The molecular formula is C27H39ClN4O4. The number of ether oxygens (including phenoxy) is 1. The minimum Gasteiger partial charge on any atom is -0.366 e. The van der Waals surface area contributed by atoms with Gasteiger partial charge in [0.15, 0.2) is 0 Å². The second kappa shape index (κ2) is 13.6. The first kappa shape index (κ1) is 29.5. The Labute approximate surface area is 219 Å². The molecule has 0 unspecified atom stereocenters. The van der Waals surface area contributed by atoms with Crippen molar-refractivity contribution < 1.29 is 19.1 Å². The summed E-state index contributed by atoms with van der Waals surface area (Å²) < 4.78 is 5.62. The average molecular weight is 519 g/mol. The predicted molar refractivity (Wildman–Crippen MR) is 144 cm³/mol. The van der Waals surface area contributed by atoms with Crippen LogP contribution < -0.4 is 16.4 Å². The van der Waals surface area contributed by atoms with Crippen molar-refractivity contribution in [3.63, 3.8) is 0 Å². The SMILES string of the molecule is CCOC(C)(C)C(=O)N1CCC[C@H]1C(=O)N[C@H](Cc1ccc2ccccc2c1)C(=O)NCCCN.Cl. The Morgan fingerprint density at radius 3 is 2.58 bits per heavy atom. The predicted octanol–water partition coefficient (Wildman–Crippen LogP) is 2.56. The highest BCUT2D eigenvalue weighted by atomic mass is 35.5. The number of fused-ring (bicyclic) bond motifs is 1. The number of nitrogens with two attached hydrogens (primary N) is 1. The number of rotatable bonds is 11. The molecule has 9 heteroatoms. The lowest BCUT2D eigenvalue weighted by molar-refractivity contribution is -0.157. The van der Waals surface area contributed by atoms with Crippen molar-refractivity contribution in [1.29, 1.82) is 0 Å². The Bertz CT molecular complexity index is 1050. The van der Waals surface area contributed by atoms with Crippen molar-refractivity contribution in [2.45, 2.75) is 64.1 Å². The third kappa shape index (κ3) is 7.41. The number of carbonyl (C=O) groups excluding carboxylic acids is 3. The minimum atomic E-state index is -1.01. The Kier molecular flexibility index (Phi) is 11.1. The van der Waals surface area contributed by atoms with E-state index in [4.69, 9.17) is 10.5 Å². The van der Waals surface area contributed by atoms with Crippen LogP contribution in [-0.2, 0) is 25.5 Å². The van der Waals surface area contributed by atoms with Crippen LogP contribution in [-0.4, -0.2) is 66.5 Å². The van der Waals surface area contributed by atoms with E-state index in [9.17, 15) is 14.4 Å². The zero-order valence-electron chi connectivity index (χ0n) is 21.4. The van der Waals surface area contributed by atoms with E-state index in [0.29, 0.717) is 45.5 Å². The summed E-state index contributed by atoms with van der Waals surface area (Å²) in [6.07, 6.45) is 2.28. The maximum absolute atomic E-state index is 13.3. The van der Waals surface area contributed by atoms with Gasteiger partial charge in [-0.1, -0.05) is 42.5 Å². The molecule has 2 atom stereocenters. The molecule has 1 heterocycles. The van der Waals surface area contributed by atoms with Gasteiger partial charge in [-0.05, 0) is 62.9 Å². The van der Waals surface area contributed by atoms with E-state index in [2.05, 4.69) is 10.6 Å². The first-order chi connectivity index (χ1) is 16.8. The summed E-state index contributed by atoms with van der Waals surface area (Å²) in [6.45, 7) is 7.08. The van der Waals surface area contributed by atoms with Gasteiger partial charge < -0.3 is 26.0 Å². The van der Waals surface area contributed by atoms with Crippen LogP contribution in [0.1, 0.15) is 45.6 Å². The van der Waals surface area contributed by atoms with Gasteiger partial charge in [-0.3, -0.25) is 14.4 Å². The number of benzene rings is 2. The Hall–Kier alpha value is -2.68. The molecule has 4 N–H and O–H groups in total. The van der Waals surface area contributed by atoms with Gasteiger partial charge >= 0.3 is 0 Å². The molecule has 0 spiro atoms. The van der Waals surface area contributed by atoms with E-state index in [-0.39, 0.29) is 30.1 Å². The molecular weight excluding hydrogens is 480 g/mol. The molecule has 3 rings (SSSR count). The molecule has 0 radical (unpaired) electrons. The van der Waals surface area contributed by atoms with E-state index in [0.717, 1.165) is 22.8 Å². The van der Waals surface area contributed by atoms with Crippen LogP contribution in [0.5, 0.6) is 0 Å². The lowest BCUT2D eigenvalue weighted by Gasteiger charge is -2.33. The number of nitrogens with zero attached hydrogens (tertiary/aromatic N) is 1. The monoisotopic (exact) mass is 518 g/mol. The van der Waals surface area contributed by atoms with Crippen molar-refractivity contribution in [3.05, 3.63) is 48.0 Å². The number of hydrogen-bond donors (Lipinski definition) is 3. The molecule has 2 aromatic rings. The standard InChI is InChI=1S/C27H38N4O4.ClH/c1-4-35-27(2,3)26(34)31-16-7-11-23(31)25(33)30-22(24(32)29-15-8-14-28)18-19-12-13-20-9-5-6-10-21(20)17-19;/h5-6,9-10,12-13,17,22-23H,4,7-8,11,14-16,18,28H2,1-3H3,(H,29,32)(H,30,33);1H/t22-,23+;/m1./s1. The number of hydrogen-bond acceptors (Lipinski definition) is 5. The zero-order valence-corrected chi connectivity index (χ0v) is 22.2. The van der Waals surface area contributed by atoms with Gasteiger partial charge in [0.2, 0.25) is 11.8 Å². The number of amides is 3. The Morgan fingerprint density at radius 2 is 1.89 bits per heavy atom. The maximum Gasteiger partial charge on any atom is 0.254 e. The molecule has 0 aromatic heterocycles. The minimum absolute atomic E-state index is 0. The summed E-state index contributed by atoms with van der Waals surface area (Å²) >= 11 is 0. The largest absolute Gasteiger partial charge is 0.366 e. The summed E-state index contributed by atoms with van der Waals surface area (Å²) in [4.78, 5) is 41.1. The summed E-state index contributed by atoms with van der Waals surface area (Å²) in [5.41, 5.74) is 5.49. The highest BCUT2D eigenvalue weighted by Gasteiger charge is 2.41. The van der Waals surface area contributed by atoms with Gasteiger partial charge in [-0.25, -0.2) is 0 Å². The third-order valence-corrected chi connectivity index (χ3v) is 6.40. The third-order valence-electron chi connectivity index (χ3n) is 6.40. The highest BCUT2D eigenvalue weighted by molar-refractivity contribution is 5.94. The Morgan fingerprint density at radius 1 is 1.17 bits per heavy atom. The molecule has 1 aliphatic rings. The molecule has 1 fully saturated rings. The first-order valence-electron chi connectivity index (χ1n) is 12.5. The van der Waals surface area contributed by atoms with E-state index >= 15 is 0 Å². The first-order valence-corrected chi connectivity index (χ1v) is 12.5. The number of nitrogens with one attached hydrogen (secondary N) is 2. The molecule has 2 aromatic carbocycles. The van der Waals surface area contributed by atoms with Crippen LogP contribution in [0.2, 0.25) is 0 Å². The van der Waals surface area contributed by atoms with E-state index < -0.39 is 17.7 Å². The van der Waals surface area contributed by atoms with Crippen LogP contribution in [0.3, 0.4) is 0 Å². The van der Waals surface area contributed by atoms with Gasteiger partial charge in [0.1, 0.15) is 17.7 Å². The van der Waals surface area contributed by atoms with Gasteiger partial charge in [-0.2, -0.15) is 0 Å². The molecule has 8 nitrogen and oxygen atoms in total. The molecule has 198 valence electrons. The van der Waals surface area contributed by atoms with Gasteiger partial charge in [0.05, 0.1) is 0 Å². The second-order valence-electron chi connectivity index (χ2n) is 9.48. The number of carbonyl (C=O) groups is 3.